The van der Waals surface area contributed by atoms with Gasteiger partial charge in [0.05, 0.1) is 0 Å². The van der Waals surface area contributed by atoms with Gasteiger partial charge in [0.15, 0.2) is 0 Å². The second-order valence-electron chi connectivity index (χ2n) is 4.82. The first-order chi connectivity index (χ1) is 8.88. The molecule has 3 nitrogen and oxygen atoms in total. The number of thioether (sulfide) groups is 1. The molecule has 2 atom stereocenters. The number of carbonyl (C=O) groups excluding carboxylic acids is 1. The Labute approximate surface area is 115 Å². The largest absolute Gasteiger partial charge is 0.394 e. The van der Waals surface area contributed by atoms with Gasteiger partial charge in [0, 0.05) is 29.2 Å². The average Bonchev–Trinajstić information content (AvgIpc) is 2.33. The molecule has 104 valence electrons. The van der Waals surface area contributed by atoms with Crippen LogP contribution >= 0.6 is 11.8 Å². The van der Waals surface area contributed by atoms with Crippen LogP contribution in [0.5, 0.6) is 0 Å². The fourth-order valence-corrected chi connectivity index (χ4v) is 3.56. The topological polar surface area (TPSA) is 46.3 Å². The second kappa shape index (κ2) is 5.36. The van der Waals surface area contributed by atoms with Gasteiger partial charge in [0.2, 0.25) is 0 Å². The van der Waals surface area contributed by atoms with Crippen LogP contribution in [0.2, 0.25) is 0 Å². The molecule has 0 saturated carbocycles. The summed E-state index contributed by atoms with van der Waals surface area (Å²) in [5, 5.41) is 0.632. The lowest BCUT2D eigenvalue weighted by molar-refractivity contribution is 0.0752. The van der Waals surface area contributed by atoms with Crippen LogP contribution in [0.25, 0.3) is 0 Å². The standard InChI is InChI=1S/C13H16F2N2OS/c1-7-5-17(6-8(2)19-7)13(18)9-3-10(14)12(16)11(15)4-9/h3-4,7-8H,5-6,16H2,1-2H3. The van der Waals surface area contributed by atoms with Gasteiger partial charge < -0.3 is 10.6 Å². The van der Waals surface area contributed by atoms with Crippen molar-refractivity contribution >= 4 is 23.4 Å². The normalized spacial score (nSPS) is 23.5. The van der Waals surface area contributed by atoms with E-state index in [1.807, 2.05) is 13.8 Å². The molecule has 0 aliphatic carbocycles. The summed E-state index contributed by atoms with van der Waals surface area (Å²) in [6.45, 7) is 5.23. The molecule has 1 fully saturated rings. The fraction of sp³-hybridized carbons (Fsp3) is 0.462. The first kappa shape index (κ1) is 14.1. The SMILES string of the molecule is CC1CN(C(=O)c2cc(F)c(N)c(F)c2)CC(C)S1. The van der Waals surface area contributed by atoms with E-state index >= 15 is 0 Å². The number of halogens is 2. The summed E-state index contributed by atoms with van der Waals surface area (Å²) in [6.07, 6.45) is 0. The Morgan fingerprint density at radius 1 is 1.26 bits per heavy atom. The van der Waals surface area contributed by atoms with E-state index in [0.29, 0.717) is 23.6 Å². The summed E-state index contributed by atoms with van der Waals surface area (Å²) in [7, 11) is 0. The first-order valence-electron chi connectivity index (χ1n) is 6.07. The lowest BCUT2D eigenvalue weighted by atomic mass is 10.1. The number of nitrogen functional groups attached to an aromatic ring is 1. The Hall–Kier alpha value is -1.30. The molecule has 19 heavy (non-hydrogen) atoms. The average molecular weight is 286 g/mol. The Balaban J connectivity index is 2.24. The zero-order valence-electron chi connectivity index (χ0n) is 10.8. The summed E-state index contributed by atoms with van der Waals surface area (Å²) in [4.78, 5) is 13.9. The third-order valence-corrected chi connectivity index (χ3v) is 4.26. The van der Waals surface area contributed by atoms with Crippen molar-refractivity contribution in [2.24, 2.45) is 0 Å². The number of nitrogens with two attached hydrogens (primary N) is 1. The summed E-state index contributed by atoms with van der Waals surface area (Å²) in [6, 6.07) is 2.00. The van der Waals surface area contributed by atoms with Crippen LogP contribution < -0.4 is 5.73 Å². The Kier molecular flexibility index (Phi) is 3.99. The predicted octanol–water partition coefficient (Wildman–Crippen LogP) is 2.51. The summed E-state index contributed by atoms with van der Waals surface area (Å²) in [5.74, 6) is -2.14. The Morgan fingerprint density at radius 2 is 1.74 bits per heavy atom. The lowest BCUT2D eigenvalue weighted by Gasteiger charge is -2.34. The van der Waals surface area contributed by atoms with Crippen LogP contribution in [-0.4, -0.2) is 34.4 Å². The van der Waals surface area contributed by atoms with Crippen molar-refractivity contribution in [2.75, 3.05) is 18.8 Å². The number of hydrogen-bond acceptors (Lipinski definition) is 3. The van der Waals surface area contributed by atoms with Crippen LogP contribution in [0, 0.1) is 11.6 Å². The maximum absolute atomic E-state index is 13.4. The van der Waals surface area contributed by atoms with Gasteiger partial charge in [-0.15, -0.1) is 0 Å². The van der Waals surface area contributed by atoms with Gasteiger partial charge in [-0.3, -0.25) is 4.79 Å². The van der Waals surface area contributed by atoms with Crippen molar-refractivity contribution in [1.29, 1.82) is 0 Å². The van der Waals surface area contributed by atoms with E-state index in [4.69, 9.17) is 5.73 Å². The maximum Gasteiger partial charge on any atom is 0.254 e. The molecule has 1 saturated heterocycles. The molecular formula is C13H16F2N2OS. The van der Waals surface area contributed by atoms with Gasteiger partial charge in [0.1, 0.15) is 17.3 Å². The number of anilines is 1. The molecule has 1 aliphatic rings. The van der Waals surface area contributed by atoms with Crippen molar-refractivity contribution < 1.29 is 13.6 Å². The van der Waals surface area contributed by atoms with Gasteiger partial charge in [0.25, 0.3) is 5.91 Å². The quantitative estimate of drug-likeness (QED) is 0.807. The molecule has 0 radical (unpaired) electrons. The monoisotopic (exact) mass is 286 g/mol. The van der Waals surface area contributed by atoms with E-state index in [1.54, 1.807) is 16.7 Å². The van der Waals surface area contributed by atoms with Crippen molar-refractivity contribution in [1.82, 2.24) is 4.90 Å². The minimum Gasteiger partial charge on any atom is -0.394 e. The van der Waals surface area contributed by atoms with Gasteiger partial charge in [-0.25, -0.2) is 8.78 Å². The van der Waals surface area contributed by atoms with E-state index < -0.39 is 17.3 Å². The Morgan fingerprint density at radius 3 is 2.21 bits per heavy atom. The fourth-order valence-electron chi connectivity index (χ4n) is 2.23. The Bertz CT molecular complexity index is 476. The van der Waals surface area contributed by atoms with Gasteiger partial charge in [-0.2, -0.15) is 11.8 Å². The number of nitrogens with zero attached hydrogens (tertiary/aromatic N) is 1. The van der Waals surface area contributed by atoms with Crippen molar-refractivity contribution in [3.63, 3.8) is 0 Å². The molecule has 0 bridgehead atoms. The molecule has 2 unspecified atom stereocenters. The zero-order valence-corrected chi connectivity index (χ0v) is 11.6. The third kappa shape index (κ3) is 3.00. The summed E-state index contributed by atoms with van der Waals surface area (Å²) in [5.41, 5.74) is 4.66. The number of hydrogen-bond donors (Lipinski definition) is 1. The van der Waals surface area contributed by atoms with E-state index in [0.717, 1.165) is 12.1 Å². The van der Waals surface area contributed by atoms with Crippen LogP contribution in [0.4, 0.5) is 14.5 Å². The molecule has 1 heterocycles. The van der Waals surface area contributed by atoms with E-state index in [-0.39, 0.29) is 11.5 Å². The molecule has 0 spiro atoms. The van der Waals surface area contributed by atoms with Gasteiger partial charge in [-0.1, -0.05) is 13.8 Å². The highest BCUT2D eigenvalue weighted by atomic mass is 32.2. The van der Waals surface area contributed by atoms with E-state index in [1.165, 1.54) is 0 Å². The molecule has 6 heteroatoms. The van der Waals surface area contributed by atoms with Crippen molar-refractivity contribution in [2.45, 2.75) is 24.3 Å². The summed E-state index contributed by atoms with van der Waals surface area (Å²) >= 11 is 1.80. The molecule has 1 amide bonds. The lowest BCUT2D eigenvalue weighted by Crippen LogP contribution is -2.44. The highest BCUT2D eigenvalue weighted by molar-refractivity contribution is 8.00. The highest BCUT2D eigenvalue weighted by Gasteiger charge is 2.27. The molecule has 1 aromatic rings. The smallest absolute Gasteiger partial charge is 0.254 e. The predicted molar refractivity (Wildman–Crippen MR) is 73.2 cm³/mol. The van der Waals surface area contributed by atoms with Crippen LogP contribution in [0.1, 0.15) is 24.2 Å². The van der Waals surface area contributed by atoms with Crippen LogP contribution in [0.3, 0.4) is 0 Å². The van der Waals surface area contributed by atoms with Crippen LogP contribution in [-0.2, 0) is 0 Å². The number of carbonyl (C=O) groups is 1. The highest BCUT2D eigenvalue weighted by Crippen LogP contribution is 2.26. The maximum atomic E-state index is 13.4. The van der Waals surface area contributed by atoms with E-state index in [9.17, 15) is 13.6 Å². The second-order valence-corrected chi connectivity index (χ2v) is 6.70. The molecule has 1 aliphatic heterocycles. The first-order valence-corrected chi connectivity index (χ1v) is 7.02. The molecule has 2 N–H and O–H groups in total. The number of amides is 1. The van der Waals surface area contributed by atoms with Gasteiger partial charge >= 0.3 is 0 Å². The van der Waals surface area contributed by atoms with Crippen molar-refractivity contribution in [3.8, 4) is 0 Å². The third-order valence-electron chi connectivity index (χ3n) is 3.03. The number of rotatable bonds is 1. The van der Waals surface area contributed by atoms with E-state index in [2.05, 4.69) is 0 Å². The van der Waals surface area contributed by atoms with Crippen LogP contribution in [0.15, 0.2) is 12.1 Å². The molecule has 2 rings (SSSR count). The summed E-state index contributed by atoms with van der Waals surface area (Å²) < 4.78 is 26.8. The minimum absolute atomic E-state index is 0.00972. The minimum atomic E-state index is -0.893. The zero-order chi connectivity index (χ0) is 14.2. The number of benzene rings is 1. The molecule has 0 aromatic heterocycles. The molecular weight excluding hydrogens is 270 g/mol. The van der Waals surface area contributed by atoms with Gasteiger partial charge in [-0.05, 0) is 12.1 Å². The van der Waals surface area contributed by atoms with Crippen molar-refractivity contribution in [3.05, 3.63) is 29.3 Å². The molecule has 1 aromatic carbocycles.